The first-order valence-electron chi connectivity index (χ1n) is 7.95. The smallest absolute Gasteiger partial charge is 0.0631 e. The molecule has 0 amide bonds. The molecule has 1 saturated carbocycles. The van der Waals surface area contributed by atoms with Crippen molar-refractivity contribution in [2.24, 2.45) is 11.3 Å². The first-order chi connectivity index (χ1) is 9.81. The molecule has 0 bridgehead atoms. The second-order valence-corrected chi connectivity index (χ2v) is 7.69. The minimum atomic E-state index is -0.208. The van der Waals surface area contributed by atoms with E-state index < -0.39 is 0 Å². The van der Waals surface area contributed by atoms with Crippen LogP contribution in [-0.4, -0.2) is 29.7 Å². The second kappa shape index (κ2) is 6.68. The number of hydrogen-bond donors (Lipinski definition) is 1. The van der Waals surface area contributed by atoms with Crippen LogP contribution in [0.1, 0.15) is 51.6 Å². The van der Waals surface area contributed by atoms with Gasteiger partial charge >= 0.3 is 0 Å². The van der Waals surface area contributed by atoms with Crippen LogP contribution in [-0.2, 0) is 0 Å². The Morgan fingerprint density at radius 3 is 2.81 bits per heavy atom. The molecule has 3 heteroatoms. The van der Waals surface area contributed by atoms with Gasteiger partial charge in [-0.3, -0.25) is 4.90 Å². The molecule has 0 aliphatic heterocycles. The zero-order chi connectivity index (χ0) is 15.6. The van der Waals surface area contributed by atoms with Gasteiger partial charge in [0.2, 0.25) is 0 Å². The highest BCUT2D eigenvalue weighted by Gasteiger charge is 2.38. The summed E-state index contributed by atoms with van der Waals surface area (Å²) in [4.78, 5) is 2.33. The van der Waals surface area contributed by atoms with Crippen molar-refractivity contribution in [3.8, 4) is 0 Å². The molecule has 1 fully saturated rings. The molecule has 1 aromatic carbocycles. The molecule has 21 heavy (non-hydrogen) atoms. The Morgan fingerprint density at radius 2 is 2.14 bits per heavy atom. The number of nitrogens with zero attached hydrogens (tertiary/aromatic N) is 1. The van der Waals surface area contributed by atoms with Gasteiger partial charge in [-0.15, -0.1) is 0 Å². The fourth-order valence-electron chi connectivity index (χ4n) is 3.50. The van der Waals surface area contributed by atoms with E-state index >= 15 is 0 Å². The van der Waals surface area contributed by atoms with Crippen LogP contribution in [0.25, 0.3) is 0 Å². The minimum Gasteiger partial charge on any atom is -0.392 e. The first kappa shape index (κ1) is 16.8. The van der Waals surface area contributed by atoms with Crippen LogP contribution in [0.5, 0.6) is 0 Å². The molecule has 2 nitrogen and oxygen atoms in total. The molecule has 0 spiro atoms. The van der Waals surface area contributed by atoms with Gasteiger partial charge in [-0.1, -0.05) is 44.0 Å². The molecule has 1 N–H and O–H groups in total. The summed E-state index contributed by atoms with van der Waals surface area (Å²) in [6.07, 6.45) is 3.25. The maximum absolute atomic E-state index is 10.6. The Bertz CT molecular complexity index is 474. The van der Waals surface area contributed by atoms with Crippen LogP contribution >= 0.6 is 11.6 Å². The highest BCUT2D eigenvalue weighted by atomic mass is 35.5. The van der Waals surface area contributed by atoms with Crippen molar-refractivity contribution in [3.63, 3.8) is 0 Å². The Kier molecular flexibility index (Phi) is 5.34. The van der Waals surface area contributed by atoms with E-state index in [0.717, 1.165) is 24.4 Å². The molecule has 1 aliphatic rings. The van der Waals surface area contributed by atoms with Crippen molar-refractivity contribution < 1.29 is 5.11 Å². The molecule has 2 rings (SSSR count). The number of hydrogen-bond acceptors (Lipinski definition) is 2. The van der Waals surface area contributed by atoms with E-state index in [2.05, 4.69) is 38.8 Å². The third-order valence-corrected chi connectivity index (χ3v) is 5.39. The van der Waals surface area contributed by atoms with E-state index in [0.29, 0.717) is 12.0 Å². The number of halogens is 1. The van der Waals surface area contributed by atoms with Crippen molar-refractivity contribution in [3.05, 3.63) is 34.9 Å². The summed E-state index contributed by atoms with van der Waals surface area (Å²) in [5.41, 5.74) is 1.28. The molecule has 3 unspecified atom stereocenters. The Balaban J connectivity index is 2.02. The summed E-state index contributed by atoms with van der Waals surface area (Å²) in [6, 6.07) is 8.37. The molecule has 0 heterocycles. The number of rotatable bonds is 4. The maximum Gasteiger partial charge on any atom is 0.0631 e. The number of aliphatic hydroxyl groups excluding tert-OH is 1. The van der Waals surface area contributed by atoms with Crippen LogP contribution < -0.4 is 0 Å². The molecule has 1 aliphatic carbocycles. The van der Waals surface area contributed by atoms with E-state index in [1.165, 1.54) is 12.0 Å². The number of benzene rings is 1. The fourth-order valence-corrected chi connectivity index (χ4v) is 3.70. The van der Waals surface area contributed by atoms with E-state index in [1.54, 1.807) is 0 Å². The zero-order valence-electron chi connectivity index (χ0n) is 13.6. The van der Waals surface area contributed by atoms with Crippen LogP contribution in [0.2, 0.25) is 5.02 Å². The molecular formula is C18H28ClNO. The topological polar surface area (TPSA) is 23.5 Å². The van der Waals surface area contributed by atoms with Gasteiger partial charge in [-0.25, -0.2) is 0 Å². The second-order valence-electron chi connectivity index (χ2n) is 7.26. The predicted molar refractivity (Wildman–Crippen MR) is 89.6 cm³/mol. The standard InChI is InChI=1S/C18H28ClNO/c1-13(14-7-5-9-16(19)11-14)20(4)12-15-8-6-10-18(2,3)17(15)21/h5,7,9,11,13,15,17,21H,6,8,10,12H2,1-4H3. The van der Waals surface area contributed by atoms with Gasteiger partial charge in [0.1, 0.15) is 0 Å². The minimum absolute atomic E-state index is 0.0447. The summed E-state index contributed by atoms with van der Waals surface area (Å²) in [5, 5.41) is 11.4. The molecule has 0 radical (unpaired) electrons. The van der Waals surface area contributed by atoms with E-state index in [-0.39, 0.29) is 11.5 Å². The van der Waals surface area contributed by atoms with Crippen molar-refractivity contribution in [2.45, 2.75) is 52.2 Å². The van der Waals surface area contributed by atoms with E-state index in [9.17, 15) is 5.11 Å². The summed E-state index contributed by atoms with van der Waals surface area (Å²) in [6.45, 7) is 7.50. The van der Waals surface area contributed by atoms with Gasteiger partial charge < -0.3 is 5.11 Å². The Hall–Kier alpha value is -0.570. The van der Waals surface area contributed by atoms with Crippen molar-refractivity contribution in [1.29, 1.82) is 0 Å². The molecule has 0 saturated heterocycles. The third kappa shape index (κ3) is 4.00. The third-order valence-electron chi connectivity index (χ3n) is 5.16. The van der Waals surface area contributed by atoms with Gasteiger partial charge in [-0.2, -0.15) is 0 Å². The molecule has 0 aromatic heterocycles. The van der Waals surface area contributed by atoms with E-state index in [1.807, 2.05) is 18.2 Å². The summed E-state index contributed by atoms with van der Waals surface area (Å²) in [7, 11) is 2.14. The zero-order valence-corrected chi connectivity index (χ0v) is 14.4. The quantitative estimate of drug-likeness (QED) is 0.884. The Morgan fingerprint density at radius 1 is 1.43 bits per heavy atom. The Labute approximate surface area is 134 Å². The largest absolute Gasteiger partial charge is 0.392 e. The monoisotopic (exact) mass is 309 g/mol. The SMILES string of the molecule is CC(c1cccc(Cl)c1)N(C)CC1CCCC(C)(C)C1O. The highest BCUT2D eigenvalue weighted by molar-refractivity contribution is 6.30. The summed E-state index contributed by atoms with van der Waals surface area (Å²) in [5.74, 6) is 0.361. The van der Waals surface area contributed by atoms with Gasteiger partial charge in [0.15, 0.2) is 0 Å². The van der Waals surface area contributed by atoms with Gasteiger partial charge in [0.25, 0.3) is 0 Å². The fraction of sp³-hybridized carbons (Fsp3) is 0.667. The maximum atomic E-state index is 10.6. The van der Waals surface area contributed by atoms with Crippen LogP contribution in [0.15, 0.2) is 24.3 Å². The highest BCUT2D eigenvalue weighted by Crippen LogP contribution is 2.39. The van der Waals surface area contributed by atoms with E-state index in [4.69, 9.17) is 11.6 Å². The lowest BCUT2D eigenvalue weighted by atomic mass is 9.69. The lowest BCUT2D eigenvalue weighted by Crippen LogP contribution is -2.44. The predicted octanol–water partition coefficient (Wildman–Crippen LogP) is 4.52. The van der Waals surface area contributed by atoms with Crippen LogP contribution in [0.3, 0.4) is 0 Å². The first-order valence-corrected chi connectivity index (χ1v) is 8.33. The summed E-state index contributed by atoms with van der Waals surface area (Å²) >= 11 is 6.09. The molecule has 1 aromatic rings. The van der Waals surface area contributed by atoms with Gasteiger partial charge in [0.05, 0.1) is 6.10 Å². The normalized spacial score (nSPS) is 26.8. The molecular weight excluding hydrogens is 282 g/mol. The van der Waals surface area contributed by atoms with Gasteiger partial charge in [-0.05, 0) is 55.8 Å². The lowest BCUT2D eigenvalue weighted by molar-refractivity contribution is -0.0437. The van der Waals surface area contributed by atoms with Crippen molar-refractivity contribution >= 4 is 11.6 Å². The average molecular weight is 310 g/mol. The van der Waals surface area contributed by atoms with Crippen molar-refractivity contribution in [1.82, 2.24) is 4.90 Å². The van der Waals surface area contributed by atoms with Crippen LogP contribution in [0, 0.1) is 11.3 Å². The number of aliphatic hydroxyl groups is 1. The van der Waals surface area contributed by atoms with Crippen LogP contribution in [0.4, 0.5) is 0 Å². The van der Waals surface area contributed by atoms with Gasteiger partial charge in [0, 0.05) is 17.6 Å². The lowest BCUT2D eigenvalue weighted by Gasteiger charge is -2.43. The summed E-state index contributed by atoms with van der Waals surface area (Å²) < 4.78 is 0. The average Bonchev–Trinajstić information content (AvgIpc) is 2.43. The van der Waals surface area contributed by atoms with Crippen molar-refractivity contribution in [2.75, 3.05) is 13.6 Å². The molecule has 118 valence electrons. The molecule has 3 atom stereocenters.